The van der Waals surface area contributed by atoms with Gasteiger partial charge in [-0.15, -0.1) is 0 Å². The molecule has 0 radical (unpaired) electrons. The van der Waals surface area contributed by atoms with Gasteiger partial charge in [0.1, 0.15) is 17.2 Å². The van der Waals surface area contributed by atoms with Crippen LogP contribution in [0.15, 0.2) is 18.2 Å². The second-order valence-corrected chi connectivity index (χ2v) is 5.20. The Labute approximate surface area is 94.0 Å². The summed E-state index contributed by atoms with van der Waals surface area (Å²) in [7, 11) is 0. The molecule has 16 heavy (non-hydrogen) atoms. The van der Waals surface area contributed by atoms with Crippen molar-refractivity contribution < 1.29 is 14.2 Å². The molecule has 1 aliphatic heterocycles. The van der Waals surface area contributed by atoms with Crippen LogP contribution in [0.4, 0.5) is 4.39 Å². The summed E-state index contributed by atoms with van der Waals surface area (Å²) in [6.07, 6.45) is 2.03. The molecule has 1 fully saturated rings. The molecule has 3 heteroatoms. The summed E-state index contributed by atoms with van der Waals surface area (Å²) in [4.78, 5) is 0. The Balaban J connectivity index is 1.95. The number of benzene rings is 1. The molecule has 1 heterocycles. The number of ether oxygens (including phenoxy) is 1. The van der Waals surface area contributed by atoms with Crippen molar-refractivity contribution in [2.45, 2.75) is 37.9 Å². The Morgan fingerprint density at radius 2 is 2.12 bits per heavy atom. The van der Waals surface area contributed by atoms with Gasteiger partial charge in [0, 0.05) is 18.1 Å². The maximum Gasteiger partial charge on any atom is 0.128 e. The molecule has 2 aliphatic rings. The van der Waals surface area contributed by atoms with E-state index in [1.807, 2.05) is 0 Å². The lowest BCUT2D eigenvalue weighted by atomic mass is 9.67. The van der Waals surface area contributed by atoms with E-state index < -0.39 is 6.10 Å². The third-order valence-electron chi connectivity index (χ3n) is 3.67. The highest BCUT2D eigenvalue weighted by atomic mass is 19.1. The van der Waals surface area contributed by atoms with Gasteiger partial charge in [-0.3, -0.25) is 0 Å². The first-order valence-electron chi connectivity index (χ1n) is 5.74. The second kappa shape index (κ2) is 3.20. The fourth-order valence-corrected chi connectivity index (χ4v) is 3.07. The monoisotopic (exact) mass is 222 g/mol. The molecule has 1 aliphatic carbocycles. The molecule has 1 aromatic rings. The van der Waals surface area contributed by atoms with Crippen LogP contribution in [0.2, 0.25) is 0 Å². The highest BCUT2D eigenvalue weighted by molar-refractivity contribution is 5.39. The normalized spacial score (nSPS) is 36.4. The van der Waals surface area contributed by atoms with Crippen molar-refractivity contribution in [1.29, 1.82) is 0 Å². The lowest BCUT2D eigenvalue weighted by Gasteiger charge is -2.50. The average Bonchev–Trinajstić information content (AvgIpc) is 2.14. The Morgan fingerprint density at radius 3 is 2.81 bits per heavy atom. The first-order valence-corrected chi connectivity index (χ1v) is 5.74. The van der Waals surface area contributed by atoms with Crippen molar-refractivity contribution in [2.24, 2.45) is 5.92 Å². The van der Waals surface area contributed by atoms with Gasteiger partial charge in [-0.1, -0.05) is 6.92 Å². The summed E-state index contributed by atoms with van der Waals surface area (Å²) in [5.74, 6) is 0.850. The summed E-state index contributed by atoms with van der Waals surface area (Å²) >= 11 is 0. The Kier molecular flexibility index (Phi) is 2.02. The third kappa shape index (κ3) is 1.42. The fraction of sp³-hybridized carbons (Fsp3) is 0.538. The summed E-state index contributed by atoms with van der Waals surface area (Å²) in [6, 6.07) is 4.36. The zero-order chi connectivity index (χ0) is 11.3. The molecule has 1 atom stereocenters. The molecule has 0 aromatic heterocycles. The van der Waals surface area contributed by atoms with Crippen LogP contribution < -0.4 is 4.74 Å². The molecule has 1 unspecified atom stereocenters. The van der Waals surface area contributed by atoms with E-state index in [9.17, 15) is 9.50 Å². The molecule has 1 spiro atoms. The van der Waals surface area contributed by atoms with E-state index in [1.54, 1.807) is 6.07 Å². The predicted octanol–water partition coefficient (Wildman–Crippen LogP) is 2.81. The Bertz CT molecular complexity index is 424. The minimum absolute atomic E-state index is 0.236. The zero-order valence-electron chi connectivity index (χ0n) is 9.24. The molecule has 1 N–H and O–H groups in total. The smallest absolute Gasteiger partial charge is 0.128 e. The van der Waals surface area contributed by atoms with Gasteiger partial charge < -0.3 is 9.84 Å². The van der Waals surface area contributed by atoms with Gasteiger partial charge in [-0.25, -0.2) is 4.39 Å². The van der Waals surface area contributed by atoms with Crippen molar-refractivity contribution in [3.8, 4) is 5.75 Å². The van der Waals surface area contributed by atoms with Gasteiger partial charge in [0.25, 0.3) is 0 Å². The van der Waals surface area contributed by atoms with Crippen molar-refractivity contribution in [3.63, 3.8) is 0 Å². The van der Waals surface area contributed by atoms with Crippen LogP contribution in [0.3, 0.4) is 0 Å². The van der Waals surface area contributed by atoms with E-state index in [2.05, 4.69) is 6.92 Å². The van der Waals surface area contributed by atoms with Gasteiger partial charge >= 0.3 is 0 Å². The number of hydrogen-bond acceptors (Lipinski definition) is 2. The van der Waals surface area contributed by atoms with Crippen molar-refractivity contribution in [2.75, 3.05) is 0 Å². The van der Waals surface area contributed by atoms with Gasteiger partial charge in [0.05, 0.1) is 6.10 Å². The lowest BCUT2D eigenvalue weighted by molar-refractivity contribution is -0.0927. The molecule has 3 rings (SSSR count). The van der Waals surface area contributed by atoms with Gasteiger partial charge in [0.2, 0.25) is 0 Å². The number of hydrogen-bond donors (Lipinski definition) is 1. The molecule has 86 valence electrons. The van der Waals surface area contributed by atoms with Crippen LogP contribution in [0.5, 0.6) is 5.75 Å². The van der Waals surface area contributed by atoms with Crippen LogP contribution in [0.1, 0.15) is 37.9 Å². The molecular formula is C13H15FO2. The van der Waals surface area contributed by atoms with E-state index in [0.717, 1.165) is 12.8 Å². The largest absolute Gasteiger partial charge is 0.487 e. The van der Waals surface area contributed by atoms with Gasteiger partial charge in [0.15, 0.2) is 0 Å². The zero-order valence-corrected chi connectivity index (χ0v) is 9.24. The van der Waals surface area contributed by atoms with Crippen molar-refractivity contribution in [3.05, 3.63) is 29.6 Å². The molecular weight excluding hydrogens is 207 g/mol. The number of aliphatic hydroxyl groups is 1. The molecule has 0 bridgehead atoms. The topological polar surface area (TPSA) is 29.5 Å². The highest BCUT2D eigenvalue weighted by Gasteiger charge is 2.48. The number of halogens is 1. The van der Waals surface area contributed by atoms with E-state index in [1.165, 1.54) is 12.1 Å². The number of fused-ring (bicyclic) bond motifs is 1. The van der Waals surface area contributed by atoms with Gasteiger partial charge in [-0.2, -0.15) is 0 Å². The Morgan fingerprint density at radius 1 is 1.38 bits per heavy atom. The highest BCUT2D eigenvalue weighted by Crippen LogP contribution is 2.51. The van der Waals surface area contributed by atoms with E-state index in [4.69, 9.17) is 4.74 Å². The number of aliphatic hydroxyl groups excluding tert-OH is 1. The van der Waals surface area contributed by atoms with Gasteiger partial charge in [-0.05, 0) is 30.9 Å². The quantitative estimate of drug-likeness (QED) is 0.731. The van der Waals surface area contributed by atoms with Crippen LogP contribution >= 0.6 is 0 Å². The standard InChI is InChI=1S/C13H15FO2/c1-8-5-13(6-8)7-11(15)10-3-2-9(14)4-12(10)16-13/h2-4,8,11,15H,5-7H2,1H3. The predicted molar refractivity (Wildman–Crippen MR) is 57.7 cm³/mol. The van der Waals surface area contributed by atoms with E-state index in [-0.39, 0.29) is 11.4 Å². The summed E-state index contributed by atoms with van der Waals surface area (Å²) in [6.45, 7) is 2.17. The first-order chi connectivity index (χ1) is 7.58. The second-order valence-electron chi connectivity index (χ2n) is 5.20. The van der Waals surface area contributed by atoms with Crippen LogP contribution in [0.25, 0.3) is 0 Å². The molecule has 1 saturated carbocycles. The first kappa shape index (κ1) is 10.1. The van der Waals surface area contributed by atoms with E-state index in [0.29, 0.717) is 23.7 Å². The summed E-state index contributed by atoms with van der Waals surface area (Å²) < 4.78 is 19.0. The molecule has 0 amide bonds. The molecule has 0 saturated heterocycles. The third-order valence-corrected chi connectivity index (χ3v) is 3.67. The SMILES string of the molecule is CC1CC2(C1)CC(O)c1ccc(F)cc1O2. The summed E-state index contributed by atoms with van der Waals surface area (Å²) in [5, 5.41) is 10.0. The summed E-state index contributed by atoms with van der Waals surface area (Å²) in [5.41, 5.74) is 0.478. The maximum absolute atomic E-state index is 13.1. The minimum Gasteiger partial charge on any atom is -0.487 e. The number of rotatable bonds is 0. The van der Waals surface area contributed by atoms with E-state index >= 15 is 0 Å². The Hall–Kier alpha value is -1.09. The minimum atomic E-state index is -0.517. The van der Waals surface area contributed by atoms with Crippen molar-refractivity contribution >= 4 is 0 Å². The van der Waals surface area contributed by atoms with Crippen LogP contribution in [-0.4, -0.2) is 10.7 Å². The van der Waals surface area contributed by atoms with Crippen LogP contribution in [0, 0.1) is 11.7 Å². The maximum atomic E-state index is 13.1. The lowest BCUT2D eigenvalue weighted by Crippen LogP contribution is -2.51. The van der Waals surface area contributed by atoms with Crippen LogP contribution in [-0.2, 0) is 0 Å². The molecule has 1 aromatic carbocycles. The van der Waals surface area contributed by atoms with Crippen molar-refractivity contribution in [1.82, 2.24) is 0 Å². The average molecular weight is 222 g/mol. The molecule has 2 nitrogen and oxygen atoms in total. The fourth-order valence-electron chi connectivity index (χ4n) is 3.07.